The second-order valence-corrected chi connectivity index (χ2v) is 6.42. The molecule has 0 atom stereocenters. The maximum absolute atomic E-state index is 9.38. The fraction of sp³-hybridized carbons (Fsp3) is 0. The van der Waals surface area contributed by atoms with Gasteiger partial charge in [-0.3, -0.25) is 0 Å². The fourth-order valence-electron chi connectivity index (χ4n) is 1.82. The Morgan fingerprint density at radius 3 is 2.76 bits per heavy atom. The Bertz CT molecular complexity index is 826. The van der Waals surface area contributed by atoms with Gasteiger partial charge in [-0.2, -0.15) is 5.26 Å². The van der Waals surface area contributed by atoms with E-state index in [1.165, 1.54) is 11.3 Å². The number of hydrogen-bond acceptors (Lipinski definition) is 4. The van der Waals surface area contributed by atoms with E-state index in [0.29, 0.717) is 15.6 Å². The molecule has 102 valence electrons. The van der Waals surface area contributed by atoms with E-state index in [4.69, 9.17) is 11.6 Å². The van der Waals surface area contributed by atoms with Gasteiger partial charge in [-0.1, -0.05) is 35.9 Å². The summed E-state index contributed by atoms with van der Waals surface area (Å²) < 4.78 is 0. The minimum atomic E-state index is 0.524. The minimum Gasteiger partial charge on any atom is -0.234 e. The highest BCUT2D eigenvalue weighted by molar-refractivity contribution is 7.14. The molecular weight excluding hydrogens is 320 g/mol. The number of nitrogens with zero attached hydrogens (tertiary/aromatic N) is 2. The van der Waals surface area contributed by atoms with Crippen molar-refractivity contribution in [3.05, 3.63) is 62.8 Å². The number of halogens is 1. The number of allylic oxidation sites excluding steroid dienone is 1. The number of nitriles is 1. The van der Waals surface area contributed by atoms with Gasteiger partial charge in [-0.25, -0.2) is 4.98 Å². The van der Waals surface area contributed by atoms with Crippen LogP contribution in [0.3, 0.4) is 0 Å². The normalized spacial score (nSPS) is 11.3. The SMILES string of the molecule is N#CC(=Cc1ccccc1Cl)c1nc(-c2cccs2)cs1. The van der Waals surface area contributed by atoms with Gasteiger partial charge in [-0.05, 0) is 29.2 Å². The molecule has 2 aromatic heterocycles. The molecule has 0 bridgehead atoms. The average Bonchev–Trinajstić information content (AvgIpc) is 3.17. The van der Waals surface area contributed by atoms with Gasteiger partial charge in [0.2, 0.25) is 0 Å². The van der Waals surface area contributed by atoms with Crippen LogP contribution in [0.2, 0.25) is 5.02 Å². The molecule has 0 saturated carbocycles. The van der Waals surface area contributed by atoms with E-state index in [0.717, 1.165) is 16.1 Å². The van der Waals surface area contributed by atoms with Gasteiger partial charge in [0.1, 0.15) is 11.1 Å². The van der Waals surface area contributed by atoms with Crippen molar-refractivity contribution in [2.24, 2.45) is 0 Å². The molecule has 0 saturated heterocycles. The molecular formula is C16H9ClN2S2. The van der Waals surface area contributed by atoms with Crippen LogP contribution in [0.5, 0.6) is 0 Å². The predicted molar refractivity (Wildman–Crippen MR) is 90.4 cm³/mol. The van der Waals surface area contributed by atoms with Gasteiger partial charge in [0, 0.05) is 10.4 Å². The van der Waals surface area contributed by atoms with Crippen LogP contribution >= 0.6 is 34.3 Å². The molecule has 2 nitrogen and oxygen atoms in total. The van der Waals surface area contributed by atoms with E-state index in [1.807, 2.05) is 41.1 Å². The highest BCUT2D eigenvalue weighted by atomic mass is 35.5. The Balaban J connectivity index is 1.98. The summed E-state index contributed by atoms with van der Waals surface area (Å²) >= 11 is 9.23. The van der Waals surface area contributed by atoms with E-state index in [-0.39, 0.29) is 0 Å². The first-order chi connectivity index (χ1) is 10.3. The Hall–Kier alpha value is -1.93. The van der Waals surface area contributed by atoms with Crippen molar-refractivity contribution in [2.45, 2.75) is 0 Å². The maximum Gasteiger partial charge on any atom is 0.134 e. The molecule has 0 aliphatic heterocycles. The van der Waals surface area contributed by atoms with Crippen molar-refractivity contribution in [3.63, 3.8) is 0 Å². The molecule has 3 rings (SSSR count). The second-order valence-electron chi connectivity index (χ2n) is 4.21. The van der Waals surface area contributed by atoms with Crippen molar-refractivity contribution in [1.82, 2.24) is 4.98 Å². The van der Waals surface area contributed by atoms with Crippen LogP contribution in [0.25, 0.3) is 22.2 Å². The molecule has 1 aromatic carbocycles. The highest BCUT2D eigenvalue weighted by Crippen LogP contribution is 2.30. The summed E-state index contributed by atoms with van der Waals surface area (Å²) in [6.07, 6.45) is 1.78. The first kappa shape index (κ1) is 14.0. The van der Waals surface area contributed by atoms with E-state index < -0.39 is 0 Å². The van der Waals surface area contributed by atoms with Gasteiger partial charge in [0.15, 0.2) is 0 Å². The van der Waals surface area contributed by atoms with Crippen LogP contribution in [0.4, 0.5) is 0 Å². The maximum atomic E-state index is 9.38. The largest absolute Gasteiger partial charge is 0.234 e. The molecule has 0 aliphatic carbocycles. The van der Waals surface area contributed by atoms with Crippen LogP contribution < -0.4 is 0 Å². The number of thiazole rings is 1. The lowest BCUT2D eigenvalue weighted by Gasteiger charge is -1.98. The highest BCUT2D eigenvalue weighted by Gasteiger charge is 2.10. The van der Waals surface area contributed by atoms with Crippen LogP contribution in [-0.2, 0) is 0 Å². The summed E-state index contributed by atoms with van der Waals surface area (Å²) in [6, 6.07) is 13.7. The van der Waals surface area contributed by atoms with E-state index in [9.17, 15) is 5.26 Å². The summed E-state index contributed by atoms with van der Waals surface area (Å²) in [7, 11) is 0. The van der Waals surface area contributed by atoms with Crippen LogP contribution in [0, 0.1) is 11.3 Å². The minimum absolute atomic E-state index is 0.524. The Morgan fingerprint density at radius 1 is 1.19 bits per heavy atom. The zero-order chi connectivity index (χ0) is 14.7. The molecule has 0 N–H and O–H groups in total. The van der Waals surface area contributed by atoms with Crippen LogP contribution in [-0.4, -0.2) is 4.98 Å². The molecule has 0 fully saturated rings. The predicted octanol–water partition coefficient (Wildman–Crippen LogP) is 5.59. The van der Waals surface area contributed by atoms with Crippen molar-refractivity contribution < 1.29 is 0 Å². The summed E-state index contributed by atoms with van der Waals surface area (Å²) in [6.45, 7) is 0. The van der Waals surface area contributed by atoms with Gasteiger partial charge >= 0.3 is 0 Å². The van der Waals surface area contributed by atoms with Crippen LogP contribution in [0.15, 0.2) is 47.2 Å². The third-order valence-corrected chi connectivity index (χ3v) is 4.95. The van der Waals surface area contributed by atoms with E-state index >= 15 is 0 Å². The third kappa shape index (κ3) is 3.06. The number of benzene rings is 1. The second kappa shape index (κ2) is 6.23. The first-order valence-corrected chi connectivity index (χ1v) is 8.28. The zero-order valence-corrected chi connectivity index (χ0v) is 13.2. The van der Waals surface area contributed by atoms with Gasteiger partial charge in [-0.15, -0.1) is 22.7 Å². The monoisotopic (exact) mass is 328 g/mol. The topological polar surface area (TPSA) is 36.7 Å². The Labute approximate surface area is 135 Å². The van der Waals surface area contributed by atoms with Crippen molar-refractivity contribution >= 4 is 45.9 Å². The molecule has 0 amide bonds. The van der Waals surface area contributed by atoms with Gasteiger partial charge < -0.3 is 0 Å². The summed E-state index contributed by atoms with van der Waals surface area (Å²) in [4.78, 5) is 5.65. The number of rotatable bonds is 3. The van der Waals surface area contributed by atoms with Crippen molar-refractivity contribution in [2.75, 3.05) is 0 Å². The summed E-state index contributed by atoms with van der Waals surface area (Å²) in [5.74, 6) is 0. The molecule has 2 heterocycles. The Kier molecular flexibility index (Phi) is 4.16. The molecule has 0 spiro atoms. The first-order valence-electron chi connectivity index (χ1n) is 6.14. The van der Waals surface area contributed by atoms with Crippen molar-refractivity contribution in [1.29, 1.82) is 5.26 Å². The smallest absolute Gasteiger partial charge is 0.134 e. The van der Waals surface area contributed by atoms with Crippen molar-refractivity contribution in [3.8, 4) is 16.6 Å². The lowest BCUT2D eigenvalue weighted by Crippen LogP contribution is -1.82. The lowest BCUT2D eigenvalue weighted by molar-refractivity contribution is 1.38. The average molecular weight is 329 g/mol. The summed E-state index contributed by atoms with van der Waals surface area (Å²) in [5, 5.41) is 14.7. The van der Waals surface area contributed by atoms with Gasteiger partial charge in [0.05, 0.1) is 16.1 Å². The summed E-state index contributed by atoms with van der Waals surface area (Å²) in [5.41, 5.74) is 2.25. The third-order valence-electron chi connectivity index (χ3n) is 2.83. The quantitative estimate of drug-likeness (QED) is 0.588. The Morgan fingerprint density at radius 2 is 2.05 bits per heavy atom. The number of thiophene rings is 1. The number of aromatic nitrogens is 1. The standard InChI is InChI=1S/C16H9ClN2S2/c17-13-5-2-1-4-11(13)8-12(9-18)16-19-14(10-21-16)15-6-3-7-20-15/h1-8,10H. The van der Waals surface area contributed by atoms with Crippen LogP contribution in [0.1, 0.15) is 10.6 Å². The van der Waals surface area contributed by atoms with Gasteiger partial charge in [0.25, 0.3) is 0 Å². The molecule has 0 unspecified atom stereocenters. The molecule has 0 radical (unpaired) electrons. The molecule has 5 heteroatoms. The molecule has 21 heavy (non-hydrogen) atoms. The fourth-order valence-corrected chi connectivity index (χ4v) is 3.56. The zero-order valence-electron chi connectivity index (χ0n) is 10.8. The molecule has 0 aliphatic rings. The number of hydrogen-bond donors (Lipinski definition) is 0. The molecule has 3 aromatic rings. The lowest BCUT2D eigenvalue weighted by atomic mass is 10.1. The van der Waals surface area contributed by atoms with E-state index in [2.05, 4.69) is 11.1 Å². The van der Waals surface area contributed by atoms with E-state index in [1.54, 1.807) is 23.5 Å².